The molecule has 7 heteroatoms. The molecule has 0 aromatic heterocycles. The van der Waals surface area contributed by atoms with Crippen molar-refractivity contribution in [2.45, 2.75) is 69.0 Å². The van der Waals surface area contributed by atoms with Crippen molar-refractivity contribution >= 4 is 15.9 Å². The molecule has 1 N–H and O–H groups in total. The summed E-state index contributed by atoms with van der Waals surface area (Å²) in [5, 5.41) is 0. The van der Waals surface area contributed by atoms with E-state index in [0.717, 1.165) is 31.7 Å². The maximum atomic E-state index is 13.8. The van der Waals surface area contributed by atoms with E-state index >= 15 is 0 Å². The lowest BCUT2D eigenvalue weighted by atomic mass is 9.85. The second-order valence-electron chi connectivity index (χ2n) is 7.22. The standard InChI is InChI=1S/C18H25FN2O3S/c1-12-11-14-7-3-5-9-16(14)21(12)18(22)13(2)20-25(23,24)17-10-6-4-8-15(17)19/h4,6,8,10,12-14,16,20H,3,5,7,9,11H2,1-2H3/t12-,13+,14-,16-/m1/s1. The van der Waals surface area contributed by atoms with Crippen molar-refractivity contribution in [2.75, 3.05) is 0 Å². The van der Waals surface area contributed by atoms with Gasteiger partial charge in [-0.25, -0.2) is 12.8 Å². The summed E-state index contributed by atoms with van der Waals surface area (Å²) in [5.41, 5.74) is 0. The summed E-state index contributed by atoms with van der Waals surface area (Å²) in [7, 11) is -4.08. The first-order chi connectivity index (χ1) is 11.8. The fraction of sp³-hybridized carbons (Fsp3) is 0.611. The Kier molecular flexibility index (Phi) is 5.16. The molecule has 3 rings (SSSR count). The monoisotopic (exact) mass is 368 g/mol. The summed E-state index contributed by atoms with van der Waals surface area (Å²) in [6.45, 7) is 3.55. The van der Waals surface area contributed by atoms with Gasteiger partial charge in [0.05, 0.1) is 6.04 Å². The molecule has 138 valence electrons. The molecule has 0 spiro atoms. The fourth-order valence-corrected chi connectivity index (χ4v) is 5.60. The topological polar surface area (TPSA) is 66.5 Å². The smallest absolute Gasteiger partial charge is 0.244 e. The third-order valence-electron chi connectivity index (χ3n) is 5.43. The van der Waals surface area contributed by atoms with Gasteiger partial charge in [-0.3, -0.25) is 4.79 Å². The first-order valence-electron chi connectivity index (χ1n) is 8.90. The van der Waals surface area contributed by atoms with E-state index in [1.807, 2.05) is 11.8 Å². The number of amides is 1. The van der Waals surface area contributed by atoms with Crippen LogP contribution in [0, 0.1) is 11.7 Å². The number of carbonyl (C=O) groups excluding carboxylic acids is 1. The number of halogens is 1. The lowest BCUT2D eigenvalue weighted by Crippen LogP contribution is -2.51. The average Bonchev–Trinajstić information content (AvgIpc) is 2.89. The van der Waals surface area contributed by atoms with Crippen LogP contribution < -0.4 is 4.72 Å². The van der Waals surface area contributed by atoms with Crippen LogP contribution in [0.1, 0.15) is 46.0 Å². The maximum absolute atomic E-state index is 13.8. The van der Waals surface area contributed by atoms with Crippen LogP contribution in [0.2, 0.25) is 0 Å². The largest absolute Gasteiger partial charge is 0.335 e. The Morgan fingerprint density at radius 2 is 1.96 bits per heavy atom. The average molecular weight is 368 g/mol. The Bertz CT molecular complexity index is 752. The molecule has 1 aromatic rings. The molecule has 1 aliphatic heterocycles. The highest BCUT2D eigenvalue weighted by molar-refractivity contribution is 7.89. The molecule has 0 radical (unpaired) electrons. The van der Waals surface area contributed by atoms with Crippen LogP contribution in [-0.4, -0.2) is 37.4 Å². The zero-order valence-electron chi connectivity index (χ0n) is 14.6. The number of rotatable bonds is 4. The molecule has 4 atom stereocenters. The van der Waals surface area contributed by atoms with Gasteiger partial charge >= 0.3 is 0 Å². The zero-order valence-corrected chi connectivity index (χ0v) is 15.4. The van der Waals surface area contributed by atoms with Crippen molar-refractivity contribution in [1.29, 1.82) is 0 Å². The first kappa shape index (κ1) is 18.3. The van der Waals surface area contributed by atoms with Gasteiger partial charge in [0, 0.05) is 12.1 Å². The van der Waals surface area contributed by atoms with Crippen molar-refractivity contribution in [3.63, 3.8) is 0 Å². The van der Waals surface area contributed by atoms with Crippen molar-refractivity contribution in [3.8, 4) is 0 Å². The molecule has 2 fully saturated rings. The van der Waals surface area contributed by atoms with Gasteiger partial charge in [-0.15, -0.1) is 0 Å². The molecule has 1 saturated carbocycles. The lowest BCUT2D eigenvalue weighted by Gasteiger charge is -2.35. The maximum Gasteiger partial charge on any atom is 0.244 e. The van der Waals surface area contributed by atoms with Gasteiger partial charge in [0.2, 0.25) is 15.9 Å². The number of nitrogens with one attached hydrogen (secondary N) is 1. The molecule has 1 heterocycles. The van der Waals surface area contributed by atoms with Crippen molar-refractivity contribution < 1.29 is 17.6 Å². The van der Waals surface area contributed by atoms with Gasteiger partial charge in [0.1, 0.15) is 10.7 Å². The molecule has 1 amide bonds. The van der Waals surface area contributed by atoms with Crippen molar-refractivity contribution in [2.24, 2.45) is 5.92 Å². The number of likely N-dealkylation sites (tertiary alicyclic amines) is 1. The quantitative estimate of drug-likeness (QED) is 0.888. The second kappa shape index (κ2) is 7.03. The minimum atomic E-state index is -4.08. The van der Waals surface area contributed by atoms with Gasteiger partial charge < -0.3 is 4.90 Å². The number of benzene rings is 1. The highest BCUT2D eigenvalue weighted by Gasteiger charge is 2.44. The molecule has 1 aliphatic carbocycles. The number of hydrogen-bond acceptors (Lipinski definition) is 3. The number of nitrogens with zero attached hydrogens (tertiary/aromatic N) is 1. The van der Waals surface area contributed by atoms with E-state index in [2.05, 4.69) is 4.72 Å². The molecular weight excluding hydrogens is 343 g/mol. The van der Waals surface area contributed by atoms with Crippen LogP contribution in [0.5, 0.6) is 0 Å². The third-order valence-corrected chi connectivity index (χ3v) is 7.00. The summed E-state index contributed by atoms with van der Waals surface area (Å²) < 4.78 is 41.0. The van der Waals surface area contributed by atoms with Crippen LogP contribution in [0.15, 0.2) is 29.2 Å². The Hall–Kier alpha value is -1.47. The number of hydrogen-bond donors (Lipinski definition) is 1. The van der Waals surface area contributed by atoms with E-state index in [-0.39, 0.29) is 18.0 Å². The summed E-state index contributed by atoms with van der Waals surface area (Å²) in [6, 6.07) is 4.57. The van der Waals surface area contributed by atoms with E-state index in [9.17, 15) is 17.6 Å². The Labute approximate surface area is 148 Å². The van der Waals surface area contributed by atoms with Crippen LogP contribution in [0.4, 0.5) is 4.39 Å². The highest BCUT2D eigenvalue weighted by atomic mass is 32.2. The van der Waals surface area contributed by atoms with Crippen LogP contribution in [-0.2, 0) is 14.8 Å². The van der Waals surface area contributed by atoms with Crippen LogP contribution in [0.3, 0.4) is 0 Å². The van der Waals surface area contributed by atoms with E-state index in [4.69, 9.17) is 0 Å². The SMILES string of the molecule is C[C@H](NS(=O)(=O)c1ccccc1F)C(=O)N1[C@H](C)C[C@H]2CCCC[C@H]21. The summed E-state index contributed by atoms with van der Waals surface area (Å²) in [6.07, 6.45) is 5.39. The number of carbonyl (C=O) groups is 1. The molecule has 25 heavy (non-hydrogen) atoms. The van der Waals surface area contributed by atoms with Crippen molar-refractivity contribution in [3.05, 3.63) is 30.1 Å². The number of sulfonamides is 1. The molecule has 2 aliphatic rings. The Morgan fingerprint density at radius 1 is 1.28 bits per heavy atom. The zero-order chi connectivity index (χ0) is 18.2. The van der Waals surface area contributed by atoms with E-state index in [1.165, 1.54) is 31.5 Å². The molecular formula is C18H25FN2O3S. The van der Waals surface area contributed by atoms with Gasteiger partial charge in [0.25, 0.3) is 0 Å². The van der Waals surface area contributed by atoms with Gasteiger partial charge in [-0.1, -0.05) is 25.0 Å². The first-order valence-corrected chi connectivity index (χ1v) is 10.4. The van der Waals surface area contributed by atoms with E-state index in [1.54, 1.807) is 0 Å². The third kappa shape index (κ3) is 3.58. The van der Waals surface area contributed by atoms with Crippen LogP contribution in [0.25, 0.3) is 0 Å². The molecule has 1 saturated heterocycles. The fourth-order valence-electron chi connectivity index (χ4n) is 4.32. The number of fused-ring (bicyclic) bond motifs is 1. The molecule has 1 aromatic carbocycles. The molecule has 0 bridgehead atoms. The Morgan fingerprint density at radius 3 is 2.68 bits per heavy atom. The van der Waals surface area contributed by atoms with Gasteiger partial charge in [-0.05, 0) is 51.2 Å². The Balaban J connectivity index is 1.75. The minimum absolute atomic E-state index is 0.112. The summed E-state index contributed by atoms with van der Waals surface area (Å²) >= 11 is 0. The van der Waals surface area contributed by atoms with Gasteiger partial charge in [0.15, 0.2) is 0 Å². The van der Waals surface area contributed by atoms with E-state index < -0.39 is 26.8 Å². The predicted octanol–water partition coefficient (Wildman–Crippen LogP) is 2.67. The lowest BCUT2D eigenvalue weighted by molar-refractivity contribution is -0.136. The van der Waals surface area contributed by atoms with Crippen molar-refractivity contribution in [1.82, 2.24) is 9.62 Å². The second-order valence-corrected chi connectivity index (χ2v) is 8.90. The summed E-state index contributed by atoms with van der Waals surface area (Å²) in [5.74, 6) is -0.526. The molecule has 5 nitrogen and oxygen atoms in total. The van der Waals surface area contributed by atoms with Gasteiger partial charge in [-0.2, -0.15) is 4.72 Å². The minimum Gasteiger partial charge on any atom is -0.335 e. The molecule has 0 unspecified atom stereocenters. The highest BCUT2D eigenvalue weighted by Crippen LogP contribution is 2.39. The predicted molar refractivity (Wildman–Crippen MR) is 92.9 cm³/mol. The summed E-state index contributed by atoms with van der Waals surface area (Å²) in [4.78, 5) is 14.3. The van der Waals surface area contributed by atoms with E-state index in [0.29, 0.717) is 5.92 Å². The van der Waals surface area contributed by atoms with Crippen LogP contribution >= 0.6 is 0 Å². The normalized spacial score (nSPS) is 27.8.